The Labute approximate surface area is 94.7 Å². The Kier molecular flexibility index (Phi) is 3.49. The molecule has 2 rings (SSSR count). The van der Waals surface area contributed by atoms with Gasteiger partial charge in [0.15, 0.2) is 0 Å². The number of aliphatic hydroxyl groups is 1. The van der Waals surface area contributed by atoms with Crippen molar-refractivity contribution in [3.63, 3.8) is 0 Å². The fourth-order valence-corrected chi connectivity index (χ4v) is 1.70. The van der Waals surface area contributed by atoms with Gasteiger partial charge in [0, 0.05) is 31.7 Å². The molecule has 0 spiro atoms. The predicted octanol–water partition coefficient (Wildman–Crippen LogP) is 2.30. The summed E-state index contributed by atoms with van der Waals surface area (Å²) >= 11 is 0. The zero-order valence-corrected chi connectivity index (χ0v) is 9.26. The van der Waals surface area contributed by atoms with Crippen LogP contribution in [0, 0.1) is 0 Å². The Bertz CT molecular complexity index is 470. The van der Waals surface area contributed by atoms with E-state index in [1.54, 1.807) is 13.3 Å². The van der Waals surface area contributed by atoms with Crippen LogP contribution in [-0.4, -0.2) is 23.8 Å². The number of hydrogen-bond acceptors (Lipinski definition) is 3. The zero-order valence-electron chi connectivity index (χ0n) is 9.26. The lowest BCUT2D eigenvalue weighted by molar-refractivity contribution is 0.110. The lowest BCUT2D eigenvalue weighted by Gasteiger charge is -2.10. The Morgan fingerprint density at radius 2 is 2.25 bits per heavy atom. The Hall–Kier alpha value is -1.45. The average Bonchev–Trinajstić information content (AvgIpc) is 2.35. The van der Waals surface area contributed by atoms with Crippen molar-refractivity contribution in [2.45, 2.75) is 12.5 Å². The molecule has 16 heavy (non-hydrogen) atoms. The minimum absolute atomic E-state index is 0.468. The van der Waals surface area contributed by atoms with Crippen LogP contribution in [0.15, 0.2) is 36.5 Å². The summed E-state index contributed by atoms with van der Waals surface area (Å²) in [5, 5.41) is 11.0. The van der Waals surface area contributed by atoms with E-state index in [0.717, 1.165) is 16.5 Å². The maximum atomic E-state index is 9.91. The van der Waals surface area contributed by atoms with E-state index in [1.807, 2.05) is 30.3 Å². The third kappa shape index (κ3) is 2.38. The van der Waals surface area contributed by atoms with Gasteiger partial charge in [-0.2, -0.15) is 0 Å². The molecular weight excluding hydrogens is 202 g/mol. The molecule has 0 amide bonds. The van der Waals surface area contributed by atoms with Crippen LogP contribution in [-0.2, 0) is 4.74 Å². The van der Waals surface area contributed by atoms with Gasteiger partial charge in [0.05, 0.1) is 11.6 Å². The molecule has 0 radical (unpaired) electrons. The van der Waals surface area contributed by atoms with E-state index in [1.165, 1.54) is 0 Å². The van der Waals surface area contributed by atoms with Gasteiger partial charge < -0.3 is 9.84 Å². The molecule has 0 aliphatic heterocycles. The quantitative estimate of drug-likeness (QED) is 0.854. The van der Waals surface area contributed by atoms with E-state index in [2.05, 4.69) is 4.98 Å². The number of methoxy groups -OCH3 is 1. The maximum absolute atomic E-state index is 9.91. The summed E-state index contributed by atoms with van der Waals surface area (Å²) in [7, 11) is 1.64. The molecule has 0 aliphatic rings. The summed E-state index contributed by atoms with van der Waals surface area (Å²) in [6.07, 6.45) is 1.91. The third-order valence-corrected chi connectivity index (χ3v) is 2.61. The second kappa shape index (κ2) is 5.05. The lowest BCUT2D eigenvalue weighted by Crippen LogP contribution is -2.01. The summed E-state index contributed by atoms with van der Waals surface area (Å²) < 4.78 is 4.95. The number of pyridine rings is 1. The summed E-state index contributed by atoms with van der Waals surface area (Å²) in [5.41, 5.74) is 1.86. The van der Waals surface area contributed by atoms with Gasteiger partial charge in [-0.15, -0.1) is 0 Å². The first-order chi connectivity index (χ1) is 7.81. The molecule has 2 aromatic rings. The van der Waals surface area contributed by atoms with Crippen molar-refractivity contribution in [3.8, 4) is 0 Å². The number of rotatable bonds is 4. The van der Waals surface area contributed by atoms with Crippen molar-refractivity contribution in [1.82, 2.24) is 4.98 Å². The van der Waals surface area contributed by atoms with Gasteiger partial charge in [0.2, 0.25) is 0 Å². The molecule has 0 saturated carbocycles. The van der Waals surface area contributed by atoms with Gasteiger partial charge in [-0.05, 0) is 23.8 Å². The van der Waals surface area contributed by atoms with E-state index in [4.69, 9.17) is 4.74 Å². The number of ether oxygens (including phenoxy) is 1. The van der Waals surface area contributed by atoms with Gasteiger partial charge in [-0.1, -0.05) is 12.1 Å². The van der Waals surface area contributed by atoms with Crippen LogP contribution >= 0.6 is 0 Å². The molecule has 0 fully saturated rings. The highest BCUT2D eigenvalue weighted by Gasteiger charge is 2.07. The third-order valence-electron chi connectivity index (χ3n) is 2.61. The van der Waals surface area contributed by atoms with Crippen molar-refractivity contribution < 1.29 is 9.84 Å². The smallest absolute Gasteiger partial charge is 0.0812 e. The molecule has 1 N–H and O–H groups in total. The molecule has 0 aliphatic carbocycles. The van der Waals surface area contributed by atoms with E-state index < -0.39 is 6.10 Å². The first-order valence-electron chi connectivity index (χ1n) is 5.33. The van der Waals surface area contributed by atoms with Gasteiger partial charge in [0.1, 0.15) is 0 Å². The number of fused-ring (bicyclic) bond motifs is 1. The highest BCUT2D eigenvalue weighted by atomic mass is 16.5. The van der Waals surface area contributed by atoms with Crippen LogP contribution in [0.3, 0.4) is 0 Å². The minimum Gasteiger partial charge on any atom is -0.388 e. The molecule has 0 bridgehead atoms. The van der Waals surface area contributed by atoms with E-state index >= 15 is 0 Å². The molecular formula is C13H15NO2. The Balaban J connectivity index is 2.25. The maximum Gasteiger partial charge on any atom is 0.0812 e. The Morgan fingerprint density at radius 1 is 1.38 bits per heavy atom. The van der Waals surface area contributed by atoms with Crippen LogP contribution in [0.1, 0.15) is 18.1 Å². The second-order valence-corrected chi connectivity index (χ2v) is 3.75. The number of hydrogen-bond donors (Lipinski definition) is 1. The minimum atomic E-state index is -0.468. The highest BCUT2D eigenvalue weighted by Crippen LogP contribution is 2.21. The molecule has 3 heteroatoms. The molecule has 1 aromatic heterocycles. The van der Waals surface area contributed by atoms with Crippen LogP contribution in [0.4, 0.5) is 0 Å². The lowest BCUT2D eigenvalue weighted by atomic mass is 10.0. The van der Waals surface area contributed by atoms with Gasteiger partial charge in [0.25, 0.3) is 0 Å². The van der Waals surface area contributed by atoms with Crippen LogP contribution in [0.25, 0.3) is 10.9 Å². The first-order valence-corrected chi connectivity index (χ1v) is 5.33. The monoisotopic (exact) mass is 217 g/mol. The van der Waals surface area contributed by atoms with Gasteiger partial charge in [-0.25, -0.2) is 0 Å². The largest absolute Gasteiger partial charge is 0.388 e. The number of aliphatic hydroxyl groups excluding tert-OH is 1. The van der Waals surface area contributed by atoms with Crippen molar-refractivity contribution in [2.75, 3.05) is 13.7 Å². The highest BCUT2D eigenvalue weighted by molar-refractivity contribution is 5.78. The molecule has 0 saturated heterocycles. The van der Waals surface area contributed by atoms with Gasteiger partial charge >= 0.3 is 0 Å². The van der Waals surface area contributed by atoms with E-state index in [-0.39, 0.29) is 0 Å². The summed E-state index contributed by atoms with van der Waals surface area (Å²) in [5.74, 6) is 0. The average molecular weight is 217 g/mol. The first kappa shape index (κ1) is 11.0. The topological polar surface area (TPSA) is 42.4 Å². The van der Waals surface area contributed by atoms with Crippen LogP contribution < -0.4 is 0 Å². The van der Waals surface area contributed by atoms with Crippen molar-refractivity contribution in [3.05, 3.63) is 42.1 Å². The molecule has 3 nitrogen and oxygen atoms in total. The molecule has 1 heterocycles. The molecule has 1 unspecified atom stereocenters. The molecule has 1 aromatic carbocycles. The number of aromatic nitrogens is 1. The summed E-state index contributed by atoms with van der Waals surface area (Å²) in [6, 6.07) is 9.71. The fraction of sp³-hybridized carbons (Fsp3) is 0.308. The summed E-state index contributed by atoms with van der Waals surface area (Å²) in [4.78, 5) is 4.24. The van der Waals surface area contributed by atoms with Crippen molar-refractivity contribution in [1.29, 1.82) is 0 Å². The SMILES string of the molecule is COCCC(O)c1ccc2ncccc2c1. The number of nitrogens with zero attached hydrogens (tertiary/aromatic N) is 1. The van der Waals surface area contributed by atoms with Crippen molar-refractivity contribution in [2.24, 2.45) is 0 Å². The fourth-order valence-electron chi connectivity index (χ4n) is 1.70. The van der Waals surface area contributed by atoms with E-state index in [0.29, 0.717) is 13.0 Å². The predicted molar refractivity (Wildman–Crippen MR) is 63.2 cm³/mol. The molecule has 84 valence electrons. The summed E-state index contributed by atoms with van der Waals surface area (Å²) in [6.45, 7) is 0.562. The van der Waals surface area contributed by atoms with E-state index in [9.17, 15) is 5.11 Å². The normalized spacial score (nSPS) is 12.9. The van der Waals surface area contributed by atoms with Crippen molar-refractivity contribution >= 4 is 10.9 Å². The van der Waals surface area contributed by atoms with Crippen LogP contribution in [0.2, 0.25) is 0 Å². The molecule has 1 atom stereocenters. The zero-order chi connectivity index (χ0) is 11.4. The standard InChI is InChI=1S/C13H15NO2/c1-16-8-6-13(15)11-4-5-12-10(9-11)3-2-7-14-12/h2-5,7,9,13,15H,6,8H2,1H3. The van der Waals surface area contributed by atoms with Gasteiger partial charge in [-0.3, -0.25) is 4.98 Å². The number of benzene rings is 1. The second-order valence-electron chi connectivity index (χ2n) is 3.75. The van der Waals surface area contributed by atoms with Crippen LogP contribution in [0.5, 0.6) is 0 Å². The Morgan fingerprint density at radius 3 is 3.06 bits per heavy atom.